The van der Waals surface area contributed by atoms with E-state index in [0.29, 0.717) is 21.9 Å². The number of halogens is 2. The fraction of sp³-hybridized carbons (Fsp3) is 0. The molecule has 1 heterocycles. The molecule has 1 aromatic carbocycles. The molecular weight excluding hydrogens is 237 g/mol. The van der Waals surface area contributed by atoms with Gasteiger partial charge in [0.15, 0.2) is 11.3 Å². The van der Waals surface area contributed by atoms with Gasteiger partial charge < -0.3 is 0 Å². The summed E-state index contributed by atoms with van der Waals surface area (Å²) < 4.78 is 12.8. The summed E-state index contributed by atoms with van der Waals surface area (Å²) in [4.78, 5) is 15.1. The van der Waals surface area contributed by atoms with Crippen molar-refractivity contribution in [2.24, 2.45) is 0 Å². The number of aldehydes is 1. The molecule has 0 fully saturated rings. The van der Waals surface area contributed by atoms with E-state index in [1.807, 2.05) is 0 Å². The highest BCUT2D eigenvalue weighted by Crippen LogP contribution is 2.31. The number of carbonyl (C=O) groups excluding carboxylic acids is 1. The van der Waals surface area contributed by atoms with E-state index in [-0.39, 0.29) is 5.82 Å². The predicted molar refractivity (Wildman–Crippen MR) is 57.9 cm³/mol. The second-order valence-electron chi connectivity index (χ2n) is 2.80. The van der Waals surface area contributed by atoms with Gasteiger partial charge in [-0.3, -0.25) is 4.79 Å². The highest BCUT2D eigenvalue weighted by Gasteiger charge is 2.08. The van der Waals surface area contributed by atoms with Gasteiger partial charge in [-0.2, -0.15) is 0 Å². The van der Waals surface area contributed by atoms with E-state index in [0.717, 1.165) is 4.88 Å². The van der Waals surface area contributed by atoms with Crippen LogP contribution in [-0.4, -0.2) is 11.3 Å². The molecule has 0 N–H and O–H groups in total. The molecule has 0 amide bonds. The van der Waals surface area contributed by atoms with Crippen molar-refractivity contribution in [3.8, 4) is 10.4 Å². The Bertz CT molecular complexity index is 512. The highest BCUT2D eigenvalue weighted by atomic mass is 35.5. The van der Waals surface area contributed by atoms with Crippen molar-refractivity contribution in [2.45, 2.75) is 0 Å². The van der Waals surface area contributed by atoms with E-state index >= 15 is 0 Å². The maximum atomic E-state index is 12.8. The molecule has 0 saturated heterocycles. The van der Waals surface area contributed by atoms with Crippen LogP contribution in [0.5, 0.6) is 0 Å². The molecule has 0 unspecified atom stereocenters. The first kappa shape index (κ1) is 10.3. The fourth-order valence-electron chi connectivity index (χ4n) is 1.16. The molecule has 0 saturated carbocycles. The summed E-state index contributed by atoms with van der Waals surface area (Å²) in [6, 6.07) is 4.12. The summed E-state index contributed by atoms with van der Waals surface area (Å²) >= 11 is 7.09. The lowest BCUT2D eigenvalue weighted by atomic mass is 10.2. The van der Waals surface area contributed by atoms with E-state index in [1.165, 1.54) is 23.5 Å². The molecule has 2 aromatic rings. The van der Waals surface area contributed by atoms with E-state index in [2.05, 4.69) is 4.98 Å². The van der Waals surface area contributed by atoms with Crippen LogP contribution in [0.25, 0.3) is 10.4 Å². The van der Waals surface area contributed by atoms with Crippen LogP contribution >= 0.6 is 22.9 Å². The zero-order valence-electron chi connectivity index (χ0n) is 7.41. The molecule has 1 aromatic heterocycles. The number of carbonyl (C=O) groups is 1. The maximum Gasteiger partial charge on any atom is 0.178 e. The Morgan fingerprint density at radius 2 is 2.27 bits per heavy atom. The number of rotatable bonds is 2. The van der Waals surface area contributed by atoms with Crippen LogP contribution in [0.3, 0.4) is 0 Å². The molecule has 0 radical (unpaired) electrons. The Hall–Kier alpha value is -1.26. The summed E-state index contributed by atoms with van der Waals surface area (Å²) in [7, 11) is 0. The fourth-order valence-corrected chi connectivity index (χ4v) is 2.25. The van der Waals surface area contributed by atoms with Crippen molar-refractivity contribution in [1.29, 1.82) is 0 Å². The topological polar surface area (TPSA) is 30.0 Å². The van der Waals surface area contributed by atoms with Crippen LogP contribution in [0.15, 0.2) is 24.4 Å². The molecule has 0 aliphatic carbocycles. The van der Waals surface area contributed by atoms with E-state index < -0.39 is 0 Å². The quantitative estimate of drug-likeness (QED) is 0.754. The lowest BCUT2D eigenvalue weighted by Gasteiger charge is -1.99. The number of thiazole rings is 1. The van der Waals surface area contributed by atoms with Crippen LogP contribution in [0.2, 0.25) is 5.02 Å². The second kappa shape index (κ2) is 4.08. The first-order valence-corrected chi connectivity index (χ1v) is 5.26. The van der Waals surface area contributed by atoms with Crippen LogP contribution in [0, 0.1) is 5.82 Å². The summed E-state index contributed by atoms with van der Waals surface area (Å²) in [5.74, 6) is -0.385. The van der Waals surface area contributed by atoms with E-state index in [4.69, 9.17) is 11.6 Å². The Morgan fingerprint density at radius 3 is 2.87 bits per heavy atom. The third-order valence-electron chi connectivity index (χ3n) is 1.82. The van der Waals surface area contributed by atoms with Gasteiger partial charge in [0, 0.05) is 11.8 Å². The van der Waals surface area contributed by atoms with E-state index in [9.17, 15) is 9.18 Å². The zero-order chi connectivity index (χ0) is 10.8. The third kappa shape index (κ3) is 2.06. The molecule has 0 atom stereocenters. The monoisotopic (exact) mass is 241 g/mol. The Labute approximate surface area is 94.3 Å². The number of aromatic nitrogens is 1. The summed E-state index contributed by atoms with van der Waals surface area (Å²) in [6.07, 6.45) is 2.22. The normalized spacial score (nSPS) is 10.3. The predicted octanol–water partition coefficient (Wildman–Crippen LogP) is 3.42. The van der Waals surface area contributed by atoms with Gasteiger partial charge in [0.25, 0.3) is 0 Å². The molecule has 2 nitrogen and oxygen atoms in total. The smallest absolute Gasteiger partial charge is 0.178 e. The largest absolute Gasteiger partial charge is 0.295 e. The minimum Gasteiger partial charge on any atom is -0.295 e. The van der Waals surface area contributed by atoms with Crippen molar-refractivity contribution in [3.05, 3.63) is 40.2 Å². The van der Waals surface area contributed by atoms with Gasteiger partial charge in [-0.25, -0.2) is 9.37 Å². The SMILES string of the molecule is O=Cc1ncc(-c2ccc(F)cc2Cl)s1. The van der Waals surface area contributed by atoms with Gasteiger partial charge in [0.2, 0.25) is 0 Å². The van der Waals surface area contributed by atoms with Gasteiger partial charge in [0.05, 0.1) is 9.90 Å². The van der Waals surface area contributed by atoms with Crippen LogP contribution in [0.4, 0.5) is 4.39 Å². The summed E-state index contributed by atoms with van der Waals surface area (Å²) in [5, 5.41) is 0.696. The van der Waals surface area contributed by atoms with Gasteiger partial charge in [-0.15, -0.1) is 11.3 Å². The van der Waals surface area contributed by atoms with Crippen LogP contribution in [-0.2, 0) is 0 Å². The minimum absolute atomic E-state index is 0.316. The first-order valence-electron chi connectivity index (χ1n) is 4.07. The van der Waals surface area contributed by atoms with Crippen molar-refractivity contribution in [2.75, 3.05) is 0 Å². The van der Waals surface area contributed by atoms with E-state index in [1.54, 1.807) is 12.3 Å². The van der Waals surface area contributed by atoms with Crippen molar-refractivity contribution in [3.63, 3.8) is 0 Å². The molecule has 5 heteroatoms. The highest BCUT2D eigenvalue weighted by molar-refractivity contribution is 7.16. The molecule has 0 spiro atoms. The molecule has 2 rings (SSSR count). The Balaban J connectivity index is 2.49. The molecule has 0 aliphatic rings. The van der Waals surface area contributed by atoms with Crippen LogP contribution < -0.4 is 0 Å². The van der Waals surface area contributed by atoms with Crippen molar-refractivity contribution < 1.29 is 9.18 Å². The average Bonchev–Trinajstić information content (AvgIpc) is 2.66. The Morgan fingerprint density at radius 1 is 1.47 bits per heavy atom. The number of benzene rings is 1. The molecule has 0 bridgehead atoms. The van der Waals surface area contributed by atoms with Crippen molar-refractivity contribution >= 4 is 29.2 Å². The van der Waals surface area contributed by atoms with Crippen molar-refractivity contribution in [1.82, 2.24) is 4.98 Å². The molecule has 76 valence electrons. The summed E-state index contributed by atoms with van der Waals surface area (Å²) in [5.41, 5.74) is 0.684. The number of nitrogens with zero attached hydrogens (tertiary/aromatic N) is 1. The lowest BCUT2D eigenvalue weighted by Crippen LogP contribution is -1.77. The molecule has 15 heavy (non-hydrogen) atoms. The first-order chi connectivity index (χ1) is 7.20. The average molecular weight is 242 g/mol. The number of hydrogen-bond donors (Lipinski definition) is 0. The second-order valence-corrected chi connectivity index (χ2v) is 4.27. The van der Waals surface area contributed by atoms with Gasteiger partial charge >= 0.3 is 0 Å². The summed E-state index contributed by atoms with van der Waals surface area (Å²) in [6.45, 7) is 0. The van der Waals surface area contributed by atoms with Gasteiger partial charge in [-0.05, 0) is 18.2 Å². The zero-order valence-corrected chi connectivity index (χ0v) is 8.98. The number of hydrogen-bond acceptors (Lipinski definition) is 3. The Kier molecular flexibility index (Phi) is 2.79. The standard InChI is InChI=1S/C10H5ClFNOS/c11-8-3-6(12)1-2-7(8)9-4-13-10(5-14)15-9/h1-5H. The maximum absolute atomic E-state index is 12.8. The van der Waals surface area contributed by atoms with Crippen LogP contribution in [0.1, 0.15) is 9.80 Å². The van der Waals surface area contributed by atoms with Gasteiger partial charge in [-0.1, -0.05) is 11.6 Å². The van der Waals surface area contributed by atoms with Gasteiger partial charge in [0.1, 0.15) is 5.82 Å². The molecule has 0 aliphatic heterocycles. The lowest BCUT2D eigenvalue weighted by molar-refractivity contribution is 0.112. The third-order valence-corrected chi connectivity index (χ3v) is 3.09. The minimum atomic E-state index is -0.385. The molecular formula is C10H5ClFNOS.